The molecule has 4 aromatic rings. The predicted molar refractivity (Wildman–Crippen MR) is 180 cm³/mol. The van der Waals surface area contributed by atoms with Gasteiger partial charge in [-0.05, 0) is 70.0 Å². The molecule has 2 aromatic heterocycles. The number of carboxylic acid groups (broad SMARTS) is 1. The van der Waals surface area contributed by atoms with Gasteiger partial charge in [-0.1, -0.05) is 23.7 Å². The first-order valence-corrected chi connectivity index (χ1v) is 15.3. The maximum atomic E-state index is 12.2. The molecule has 0 spiro atoms. The van der Waals surface area contributed by atoms with Crippen LogP contribution in [0.2, 0.25) is 0 Å². The lowest BCUT2D eigenvalue weighted by atomic mass is 9.90. The van der Waals surface area contributed by atoms with Crippen molar-refractivity contribution in [3.05, 3.63) is 71.2 Å². The van der Waals surface area contributed by atoms with E-state index in [2.05, 4.69) is 34.3 Å². The summed E-state index contributed by atoms with van der Waals surface area (Å²) in [5.74, 6) is 7.82. The fourth-order valence-electron chi connectivity index (χ4n) is 5.54. The maximum Gasteiger partial charge on any atom is 0.408 e. The van der Waals surface area contributed by atoms with Crippen LogP contribution in [0, 0.1) is 23.7 Å². The van der Waals surface area contributed by atoms with Gasteiger partial charge in [-0.3, -0.25) is 34.7 Å². The summed E-state index contributed by atoms with van der Waals surface area (Å²) >= 11 is 0. The molecule has 2 aromatic carbocycles. The predicted octanol–water partition coefficient (Wildman–Crippen LogP) is 4.35. The van der Waals surface area contributed by atoms with E-state index in [1.165, 1.54) is 12.5 Å². The van der Waals surface area contributed by atoms with Crippen LogP contribution in [-0.4, -0.2) is 58.3 Å². The summed E-state index contributed by atoms with van der Waals surface area (Å²) in [7, 11) is 0. The van der Waals surface area contributed by atoms with Gasteiger partial charge in [-0.15, -0.1) is 0 Å². The molecule has 2 aliphatic heterocycles. The van der Waals surface area contributed by atoms with Gasteiger partial charge in [-0.25, -0.2) is 4.79 Å². The van der Waals surface area contributed by atoms with Crippen LogP contribution in [-0.2, 0) is 19.2 Å². The molecule has 2 saturated heterocycles. The molecule has 2 unspecified atom stereocenters. The largest absolute Gasteiger partial charge is 0.465 e. The van der Waals surface area contributed by atoms with Crippen LogP contribution in [0.4, 0.5) is 4.79 Å². The summed E-state index contributed by atoms with van der Waals surface area (Å²) in [6, 6.07) is 10.1. The van der Waals surface area contributed by atoms with E-state index < -0.39 is 36.5 Å². The van der Waals surface area contributed by atoms with Gasteiger partial charge in [0, 0.05) is 51.4 Å². The number of carbonyl (C=O) groups is 5. The van der Waals surface area contributed by atoms with Crippen LogP contribution in [0.1, 0.15) is 86.0 Å². The van der Waals surface area contributed by atoms with Gasteiger partial charge < -0.3 is 19.7 Å². The van der Waals surface area contributed by atoms with E-state index in [-0.39, 0.29) is 36.5 Å². The Morgan fingerprint density at radius 1 is 0.878 bits per heavy atom. The lowest BCUT2D eigenvalue weighted by Gasteiger charge is -2.31. The van der Waals surface area contributed by atoms with E-state index in [1.807, 2.05) is 0 Å². The van der Waals surface area contributed by atoms with Crippen molar-refractivity contribution >= 4 is 51.7 Å². The van der Waals surface area contributed by atoms with Crippen molar-refractivity contribution in [3.63, 3.8) is 0 Å². The topological polar surface area (TPSA) is 185 Å². The normalized spacial score (nSPS) is 19.3. The number of piperidine rings is 2. The number of carbonyl (C=O) groups excluding carboxylic acids is 4. The molecule has 12 nitrogen and oxygen atoms in total. The molecule has 0 aliphatic carbocycles. The van der Waals surface area contributed by atoms with Crippen molar-refractivity contribution in [3.8, 4) is 23.7 Å². The summed E-state index contributed by atoms with van der Waals surface area (Å²) < 4.78 is 41.7. The molecule has 5 amide bonds. The number of nitrogens with one attached hydrogen (secondary N) is 2. The number of hydrogen-bond acceptors (Lipinski definition) is 8. The summed E-state index contributed by atoms with van der Waals surface area (Å²) in [5.41, 5.74) is 7.70. The van der Waals surface area contributed by atoms with Gasteiger partial charge in [0.25, 0.3) is 0 Å². The number of amides is 5. The average molecular weight is 669 g/mol. The number of imide groups is 2. The van der Waals surface area contributed by atoms with Gasteiger partial charge in [0.15, 0.2) is 0 Å². The summed E-state index contributed by atoms with van der Waals surface area (Å²) in [6.07, 6.45) is 2.91. The first-order valence-electron chi connectivity index (χ1n) is 17.3. The number of nitrogens with zero attached hydrogens (tertiary/aromatic N) is 1. The number of rotatable bonds is 3. The highest BCUT2D eigenvalue weighted by Gasteiger charge is 2.31. The van der Waals surface area contributed by atoms with Crippen molar-refractivity contribution in [2.45, 2.75) is 63.8 Å². The molecular formula is C37H36N4O8. The third kappa shape index (κ3) is 8.00. The Labute approximate surface area is 288 Å². The van der Waals surface area contributed by atoms with Crippen molar-refractivity contribution in [2.75, 3.05) is 13.0 Å². The minimum Gasteiger partial charge on any atom is -0.465 e. The Morgan fingerprint density at radius 3 is 1.76 bits per heavy atom. The third-order valence-corrected chi connectivity index (χ3v) is 7.95. The summed E-state index contributed by atoms with van der Waals surface area (Å²) in [6.45, 7) is 0.277. The van der Waals surface area contributed by atoms with Crippen molar-refractivity contribution in [2.24, 2.45) is 5.73 Å². The maximum absolute atomic E-state index is 12.2. The molecule has 2 atom stereocenters. The molecule has 0 radical (unpaired) electrons. The first-order chi connectivity index (χ1) is 24.7. The summed E-state index contributed by atoms with van der Waals surface area (Å²) in [5, 5.41) is 15.4. The quantitative estimate of drug-likeness (QED) is 0.182. The molecule has 5 N–H and O–H groups in total. The zero-order valence-corrected chi connectivity index (χ0v) is 26.9. The van der Waals surface area contributed by atoms with Gasteiger partial charge >= 0.3 is 6.09 Å². The highest BCUT2D eigenvalue weighted by molar-refractivity contribution is 6.03. The third-order valence-electron chi connectivity index (χ3n) is 7.95. The Bertz CT molecular complexity index is 2260. The van der Waals surface area contributed by atoms with Crippen LogP contribution in [0.25, 0.3) is 21.9 Å². The number of hydrogen-bond donors (Lipinski definition) is 4. The highest BCUT2D eigenvalue weighted by atomic mass is 16.4. The second-order valence-corrected chi connectivity index (χ2v) is 12.4. The number of fused-ring (bicyclic) bond motifs is 2. The van der Waals surface area contributed by atoms with Gasteiger partial charge in [0.05, 0.1) is 42.8 Å². The second-order valence-electron chi connectivity index (χ2n) is 12.4. The fourth-order valence-corrected chi connectivity index (χ4v) is 5.54. The standard InChI is InChI=1S/C21H22N2O5.C16H14N2O3/c1-21(2,3)23(20(26)27)10-4-5-13-6-8-17-15(11-13)16(12-28-17)14-7-9-18(24)22-19(14)25;17-7-1-2-10-3-5-14-12(8-10)13(9-21-14)11-4-6-15(19)18-16(11)20/h6,8,11-12,14H,7,9-10H2,1-3H3,(H,26,27)(H,22,24,25);3,5,8-9,11H,4,6-7,17H2,(H,18,19,20)/i10D2;7D2. The van der Waals surface area contributed by atoms with Crippen LogP contribution in [0.5, 0.6) is 0 Å². The Kier molecular flexibility index (Phi) is 8.67. The van der Waals surface area contributed by atoms with E-state index in [1.54, 1.807) is 57.2 Å². The molecule has 49 heavy (non-hydrogen) atoms. The van der Waals surface area contributed by atoms with Gasteiger partial charge in [0.1, 0.15) is 11.2 Å². The minimum atomic E-state index is -2.41. The highest BCUT2D eigenvalue weighted by Crippen LogP contribution is 2.34. The van der Waals surface area contributed by atoms with Crippen LogP contribution in [0.3, 0.4) is 0 Å². The van der Waals surface area contributed by atoms with Gasteiger partial charge in [0.2, 0.25) is 23.6 Å². The smallest absolute Gasteiger partial charge is 0.408 e. The van der Waals surface area contributed by atoms with Crippen LogP contribution in [0.15, 0.2) is 57.8 Å². The molecule has 2 aliphatic rings. The lowest BCUT2D eigenvalue weighted by molar-refractivity contribution is -0.135. The van der Waals surface area contributed by atoms with E-state index in [9.17, 15) is 29.1 Å². The van der Waals surface area contributed by atoms with Crippen molar-refractivity contribution in [1.29, 1.82) is 0 Å². The molecule has 252 valence electrons. The molecule has 4 heterocycles. The van der Waals surface area contributed by atoms with Crippen molar-refractivity contribution < 1.29 is 43.4 Å². The van der Waals surface area contributed by atoms with Gasteiger partial charge in [-0.2, -0.15) is 0 Å². The first kappa shape index (κ1) is 29.3. The second kappa shape index (κ2) is 14.5. The molecule has 12 heteroatoms. The SMILES string of the molecule is [2H]C([2H])(C#Cc1ccc2occ(C3CCC(=O)NC3=O)c2c1)N(C(=O)O)C(C)(C)C.[2H]C([2H])(N)C#Cc1ccc2occ(C3CCC(=O)NC3=O)c2c1. The van der Waals surface area contributed by atoms with E-state index >= 15 is 0 Å². The minimum absolute atomic E-state index is 0.237. The Hall–Kier alpha value is -5.85. The van der Waals surface area contributed by atoms with Crippen molar-refractivity contribution in [1.82, 2.24) is 15.5 Å². The fraction of sp³-hybridized carbons (Fsp3) is 0.324. The Balaban J connectivity index is 0.000000211. The van der Waals surface area contributed by atoms with E-state index in [0.717, 1.165) is 5.39 Å². The monoisotopic (exact) mass is 668 g/mol. The molecule has 2 fully saturated rings. The average Bonchev–Trinajstić information content (AvgIpc) is 3.66. The number of nitrogens with two attached hydrogens (primary N) is 1. The summed E-state index contributed by atoms with van der Waals surface area (Å²) in [4.78, 5) is 59.1. The zero-order chi connectivity index (χ0) is 38.9. The Morgan fingerprint density at radius 2 is 1.35 bits per heavy atom. The molecule has 0 bridgehead atoms. The molecule has 6 rings (SSSR count). The molecular weight excluding hydrogens is 628 g/mol. The molecule has 0 saturated carbocycles. The van der Waals surface area contributed by atoms with E-state index in [4.69, 9.17) is 20.1 Å². The van der Waals surface area contributed by atoms with Crippen LogP contribution < -0.4 is 16.4 Å². The number of benzene rings is 2. The zero-order valence-electron chi connectivity index (χ0n) is 30.9. The number of furan rings is 2. The lowest BCUT2D eigenvalue weighted by Crippen LogP contribution is -2.45. The van der Waals surface area contributed by atoms with E-state index in [0.29, 0.717) is 56.5 Å². The van der Waals surface area contributed by atoms with Crippen LogP contribution >= 0.6 is 0 Å².